The summed E-state index contributed by atoms with van der Waals surface area (Å²) in [7, 11) is 0. The molecule has 1 unspecified atom stereocenters. The summed E-state index contributed by atoms with van der Waals surface area (Å²) in [6, 6.07) is 17.4. The molecule has 0 aliphatic heterocycles. The van der Waals surface area contributed by atoms with E-state index in [2.05, 4.69) is 29.5 Å². The lowest BCUT2D eigenvalue weighted by Gasteiger charge is -2.24. The van der Waals surface area contributed by atoms with Crippen LogP contribution in [-0.2, 0) is 6.61 Å². The molecule has 0 aliphatic carbocycles. The third-order valence-corrected chi connectivity index (χ3v) is 5.38. The minimum atomic E-state index is -0.111. The van der Waals surface area contributed by atoms with Crippen LogP contribution in [-0.4, -0.2) is 23.5 Å². The molecule has 5 nitrogen and oxygen atoms in total. The van der Waals surface area contributed by atoms with Gasteiger partial charge in [-0.2, -0.15) is 0 Å². The largest absolute Gasteiger partial charge is 0.487 e. The molecule has 0 spiro atoms. The number of nitrogens with one attached hydrogen (secondary N) is 2. The van der Waals surface area contributed by atoms with Crippen molar-refractivity contribution >= 4 is 22.9 Å². The summed E-state index contributed by atoms with van der Waals surface area (Å²) < 4.78 is 5.79. The lowest BCUT2D eigenvalue weighted by atomic mass is 10.0. The standard InChI is InChI=1S/C23H27N3O2S/c1-16(2)22(26-19-9-5-4-6-10-19)13-24-23(27)18-8-7-11-21(12-18)28-14-20-15-29-17(3)25-20/h4-12,15-16,22,26H,13-14H2,1-3H3,(H,24,27). The van der Waals surface area contributed by atoms with Crippen molar-refractivity contribution in [2.75, 3.05) is 11.9 Å². The molecule has 2 aromatic carbocycles. The molecule has 3 aromatic rings. The van der Waals surface area contributed by atoms with Crippen molar-refractivity contribution in [3.05, 3.63) is 76.2 Å². The average molecular weight is 410 g/mol. The smallest absolute Gasteiger partial charge is 0.251 e. The number of aromatic nitrogens is 1. The van der Waals surface area contributed by atoms with Gasteiger partial charge in [-0.1, -0.05) is 38.1 Å². The van der Waals surface area contributed by atoms with E-state index < -0.39 is 0 Å². The van der Waals surface area contributed by atoms with Crippen LogP contribution in [0, 0.1) is 12.8 Å². The average Bonchev–Trinajstić information content (AvgIpc) is 3.15. The van der Waals surface area contributed by atoms with Gasteiger partial charge in [0.05, 0.1) is 10.7 Å². The summed E-state index contributed by atoms with van der Waals surface area (Å²) in [4.78, 5) is 17.0. The fourth-order valence-electron chi connectivity index (χ4n) is 2.87. The van der Waals surface area contributed by atoms with Gasteiger partial charge in [0.25, 0.3) is 5.91 Å². The number of carbonyl (C=O) groups excluding carboxylic acids is 1. The van der Waals surface area contributed by atoms with Crippen molar-refractivity contribution in [2.24, 2.45) is 5.92 Å². The van der Waals surface area contributed by atoms with Crippen molar-refractivity contribution in [3.63, 3.8) is 0 Å². The maximum absolute atomic E-state index is 12.6. The second-order valence-electron chi connectivity index (χ2n) is 7.25. The Kier molecular flexibility index (Phi) is 7.25. The number of nitrogens with zero attached hydrogens (tertiary/aromatic N) is 1. The molecular formula is C23H27N3O2S. The van der Waals surface area contributed by atoms with Crippen molar-refractivity contribution in [3.8, 4) is 5.75 Å². The predicted molar refractivity (Wildman–Crippen MR) is 119 cm³/mol. The molecule has 1 amide bonds. The number of rotatable bonds is 9. The number of anilines is 1. The molecule has 0 saturated heterocycles. The molecule has 3 rings (SSSR count). The molecule has 0 bridgehead atoms. The zero-order valence-electron chi connectivity index (χ0n) is 17.0. The third-order valence-electron chi connectivity index (χ3n) is 4.56. The molecule has 29 heavy (non-hydrogen) atoms. The first kappa shape index (κ1) is 20.9. The second-order valence-corrected chi connectivity index (χ2v) is 8.31. The van der Waals surface area contributed by atoms with Gasteiger partial charge >= 0.3 is 0 Å². The normalized spacial score (nSPS) is 11.9. The highest BCUT2D eigenvalue weighted by Gasteiger charge is 2.15. The van der Waals surface area contributed by atoms with Gasteiger partial charge in [-0.3, -0.25) is 4.79 Å². The first-order valence-corrected chi connectivity index (χ1v) is 10.6. The molecule has 0 fully saturated rings. The fraction of sp³-hybridized carbons (Fsp3) is 0.304. The molecule has 6 heteroatoms. The van der Waals surface area contributed by atoms with E-state index in [0.29, 0.717) is 30.4 Å². The Morgan fingerprint density at radius 2 is 1.93 bits per heavy atom. The van der Waals surface area contributed by atoms with Crippen LogP contribution in [0.2, 0.25) is 0 Å². The predicted octanol–water partition coefficient (Wildman–Crippen LogP) is 4.90. The number of para-hydroxylation sites is 1. The highest BCUT2D eigenvalue weighted by molar-refractivity contribution is 7.09. The van der Waals surface area contributed by atoms with E-state index in [0.717, 1.165) is 16.4 Å². The van der Waals surface area contributed by atoms with Crippen molar-refractivity contribution in [2.45, 2.75) is 33.4 Å². The van der Waals surface area contributed by atoms with E-state index in [1.165, 1.54) is 0 Å². The van der Waals surface area contributed by atoms with E-state index >= 15 is 0 Å². The van der Waals surface area contributed by atoms with Crippen LogP contribution in [0.5, 0.6) is 5.75 Å². The van der Waals surface area contributed by atoms with Gasteiger partial charge in [-0.05, 0) is 43.2 Å². The number of benzene rings is 2. The van der Waals surface area contributed by atoms with E-state index in [-0.39, 0.29) is 11.9 Å². The topological polar surface area (TPSA) is 63.2 Å². The van der Waals surface area contributed by atoms with Crippen molar-refractivity contribution in [1.82, 2.24) is 10.3 Å². The van der Waals surface area contributed by atoms with Crippen LogP contribution in [0.25, 0.3) is 0 Å². The Hall–Kier alpha value is -2.86. The van der Waals surface area contributed by atoms with Gasteiger partial charge in [-0.25, -0.2) is 4.98 Å². The lowest BCUT2D eigenvalue weighted by Crippen LogP contribution is -2.39. The molecular weight excluding hydrogens is 382 g/mol. The van der Waals surface area contributed by atoms with Crippen LogP contribution in [0.3, 0.4) is 0 Å². The molecule has 1 atom stereocenters. The van der Waals surface area contributed by atoms with Crippen LogP contribution >= 0.6 is 11.3 Å². The Labute approximate surface area is 176 Å². The quantitative estimate of drug-likeness (QED) is 0.528. The number of hydrogen-bond donors (Lipinski definition) is 2. The zero-order chi connectivity index (χ0) is 20.6. The van der Waals surface area contributed by atoms with Gasteiger partial charge < -0.3 is 15.4 Å². The number of thiazole rings is 1. The highest BCUT2D eigenvalue weighted by Crippen LogP contribution is 2.17. The van der Waals surface area contributed by atoms with Crippen LogP contribution in [0.4, 0.5) is 5.69 Å². The summed E-state index contributed by atoms with van der Waals surface area (Å²) >= 11 is 1.60. The Morgan fingerprint density at radius 3 is 2.62 bits per heavy atom. The van der Waals surface area contributed by atoms with Gasteiger partial charge in [0.2, 0.25) is 0 Å². The highest BCUT2D eigenvalue weighted by atomic mass is 32.1. The number of ether oxygens (including phenoxy) is 1. The minimum absolute atomic E-state index is 0.111. The maximum Gasteiger partial charge on any atom is 0.251 e. The minimum Gasteiger partial charge on any atom is -0.487 e. The number of carbonyl (C=O) groups is 1. The molecule has 0 aliphatic rings. The number of aryl methyl sites for hydroxylation is 1. The molecule has 1 heterocycles. The molecule has 0 radical (unpaired) electrons. The van der Waals surface area contributed by atoms with E-state index in [1.807, 2.05) is 54.8 Å². The SMILES string of the molecule is Cc1nc(COc2cccc(C(=O)NCC(Nc3ccccc3)C(C)C)c2)cs1. The summed E-state index contributed by atoms with van der Waals surface area (Å²) in [5, 5.41) is 9.53. The van der Waals surface area contributed by atoms with Gasteiger partial charge in [0.1, 0.15) is 12.4 Å². The fourth-order valence-corrected chi connectivity index (χ4v) is 3.46. The summed E-state index contributed by atoms with van der Waals surface area (Å²) in [5.74, 6) is 0.915. The van der Waals surface area contributed by atoms with Gasteiger partial charge in [0, 0.05) is 29.2 Å². The van der Waals surface area contributed by atoms with Crippen LogP contribution < -0.4 is 15.4 Å². The van der Waals surface area contributed by atoms with Crippen molar-refractivity contribution in [1.29, 1.82) is 0 Å². The molecule has 2 N–H and O–H groups in total. The molecule has 152 valence electrons. The monoisotopic (exact) mass is 409 g/mol. The Balaban J connectivity index is 1.56. The Bertz CT molecular complexity index is 925. The van der Waals surface area contributed by atoms with Gasteiger partial charge in [0.15, 0.2) is 0 Å². The maximum atomic E-state index is 12.6. The van der Waals surface area contributed by atoms with E-state index in [9.17, 15) is 4.79 Å². The Morgan fingerprint density at radius 1 is 1.14 bits per heavy atom. The van der Waals surface area contributed by atoms with E-state index in [1.54, 1.807) is 23.5 Å². The van der Waals surface area contributed by atoms with Crippen LogP contribution in [0.15, 0.2) is 60.0 Å². The zero-order valence-corrected chi connectivity index (χ0v) is 17.8. The first-order chi connectivity index (χ1) is 14.0. The number of amides is 1. The van der Waals surface area contributed by atoms with Crippen LogP contribution in [0.1, 0.15) is 34.9 Å². The molecule has 0 saturated carbocycles. The van der Waals surface area contributed by atoms with Crippen molar-refractivity contribution < 1.29 is 9.53 Å². The number of hydrogen-bond acceptors (Lipinski definition) is 5. The summed E-state index contributed by atoms with van der Waals surface area (Å²) in [6.45, 7) is 7.18. The van der Waals surface area contributed by atoms with Gasteiger partial charge in [-0.15, -0.1) is 11.3 Å². The lowest BCUT2D eigenvalue weighted by molar-refractivity contribution is 0.0950. The second kappa shape index (κ2) is 10.1. The summed E-state index contributed by atoms with van der Waals surface area (Å²) in [6.07, 6.45) is 0. The third kappa shape index (κ3) is 6.32. The molecule has 1 aromatic heterocycles. The first-order valence-electron chi connectivity index (χ1n) is 9.75. The summed E-state index contributed by atoms with van der Waals surface area (Å²) in [5.41, 5.74) is 2.53. The van der Waals surface area contributed by atoms with E-state index in [4.69, 9.17) is 4.74 Å².